The van der Waals surface area contributed by atoms with E-state index in [1.165, 1.54) is 6.21 Å². The first-order valence-electron chi connectivity index (χ1n) is 7.49. The molecule has 0 radical (unpaired) electrons. The van der Waals surface area contributed by atoms with Crippen molar-refractivity contribution in [2.45, 2.75) is 0 Å². The van der Waals surface area contributed by atoms with Crippen LogP contribution >= 0.6 is 0 Å². The Balaban J connectivity index is 1.82. The first kappa shape index (κ1) is 16.4. The van der Waals surface area contributed by atoms with Crippen LogP contribution in [0, 0.1) is 0 Å². The summed E-state index contributed by atoms with van der Waals surface area (Å²) in [6.45, 7) is 0. The monoisotopic (exact) mass is 339 g/mol. The van der Waals surface area contributed by atoms with Gasteiger partial charge >= 0.3 is 0 Å². The topological polar surface area (TPSA) is 95.9 Å². The van der Waals surface area contributed by atoms with Gasteiger partial charge in [-0.25, -0.2) is 5.43 Å². The third-order valence-electron chi connectivity index (χ3n) is 3.69. The van der Waals surface area contributed by atoms with Crippen LogP contribution in [-0.4, -0.2) is 36.4 Å². The molecule has 0 bridgehead atoms. The molecule has 0 aliphatic heterocycles. The molecule has 3 aromatic rings. The molecule has 1 aromatic heterocycles. The SMILES string of the molecule is COc1ccc2[nH]c(C(=O)NN=Cc3ccccc3O)cc2c1OC. The third kappa shape index (κ3) is 3.25. The summed E-state index contributed by atoms with van der Waals surface area (Å²) in [5.74, 6) is 0.804. The Morgan fingerprint density at radius 3 is 2.72 bits per heavy atom. The lowest BCUT2D eigenvalue weighted by Gasteiger charge is -2.07. The van der Waals surface area contributed by atoms with Crippen LogP contribution in [0.5, 0.6) is 17.2 Å². The van der Waals surface area contributed by atoms with E-state index in [1.54, 1.807) is 56.7 Å². The normalized spacial score (nSPS) is 11.0. The highest BCUT2D eigenvalue weighted by atomic mass is 16.5. The number of hydrogen-bond donors (Lipinski definition) is 3. The van der Waals surface area contributed by atoms with Gasteiger partial charge in [0.15, 0.2) is 11.5 Å². The second-order valence-corrected chi connectivity index (χ2v) is 5.20. The summed E-state index contributed by atoms with van der Waals surface area (Å²) in [5, 5.41) is 14.3. The molecule has 7 heteroatoms. The van der Waals surface area contributed by atoms with Crippen LogP contribution in [0.15, 0.2) is 47.6 Å². The molecule has 0 aliphatic carbocycles. The number of methoxy groups -OCH3 is 2. The Hall–Kier alpha value is -3.48. The number of carbonyl (C=O) groups is 1. The van der Waals surface area contributed by atoms with E-state index in [0.29, 0.717) is 22.8 Å². The number of hydrogen-bond acceptors (Lipinski definition) is 5. The van der Waals surface area contributed by atoms with E-state index in [1.807, 2.05) is 0 Å². The molecule has 0 saturated heterocycles. The lowest BCUT2D eigenvalue weighted by molar-refractivity contribution is 0.0951. The Labute approximate surface area is 143 Å². The van der Waals surface area contributed by atoms with Gasteiger partial charge in [0.2, 0.25) is 0 Å². The minimum atomic E-state index is -0.413. The van der Waals surface area contributed by atoms with Gasteiger partial charge in [0, 0.05) is 10.9 Å². The lowest BCUT2D eigenvalue weighted by Crippen LogP contribution is -2.17. The standard InChI is InChI=1S/C18H17N3O4/c1-24-16-8-7-13-12(17(16)25-2)9-14(20-13)18(23)21-19-10-11-5-3-4-6-15(11)22/h3-10,20,22H,1-2H3,(H,21,23). The van der Waals surface area contributed by atoms with Crippen molar-refractivity contribution in [1.29, 1.82) is 0 Å². The zero-order chi connectivity index (χ0) is 17.8. The number of para-hydroxylation sites is 1. The van der Waals surface area contributed by atoms with Crippen molar-refractivity contribution in [2.75, 3.05) is 14.2 Å². The van der Waals surface area contributed by atoms with Gasteiger partial charge in [0.25, 0.3) is 5.91 Å². The molecule has 0 fully saturated rings. The fourth-order valence-electron chi connectivity index (χ4n) is 2.47. The number of benzene rings is 2. The highest BCUT2D eigenvalue weighted by Gasteiger charge is 2.15. The minimum absolute atomic E-state index is 0.0861. The van der Waals surface area contributed by atoms with Crippen molar-refractivity contribution in [3.05, 3.63) is 53.7 Å². The van der Waals surface area contributed by atoms with Gasteiger partial charge in [-0.05, 0) is 30.3 Å². The summed E-state index contributed by atoms with van der Waals surface area (Å²) in [4.78, 5) is 15.3. The van der Waals surface area contributed by atoms with Crippen molar-refractivity contribution in [2.24, 2.45) is 5.10 Å². The fourth-order valence-corrected chi connectivity index (χ4v) is 2.47. The first-order valence-corrected chi connectivity index (χ1v) is 7.49. The fraction of sp³-hybridized carbons (Fsp3) is 0.111. The highest BCUT2D eigenvalue weighted by molar-refractivity contribution is 6.00. The Bertz CT molecular complexity index is 947. The molecule has 2 aromatic carbocycles. The molecule has 0 aliphatic rings. The second-order valence-electron chi connectivity index (χ2n) is 5.20. The Morgan fingerprint density at radius 2 is 2.00 bits per heavy atom. The molecule has 1 amide bonds. The van der Waals surface area contributed by atoms with Crippen LogP contribution in [-0.2, 0) is 0 Å². The molecule has 7 nitrogen and oxygen atoms in total. The van der Waals surface area contributed by atoms with Gasteiger partial charge < -0.3 is 19.6 Å². The number of aromatic amines is 1. The van der Waals surface area contributed by atoms with E-state index in [0.717, 1.165) is 10.9 Å². The number of rotatable bonds is 5. The maximum Gasteiger partial charge on any atom is 0.287 e. The largest absolute Gasteiger partial charge is 0.507 e. The zero-order valence-electron chi connectivity index (χ0n) is 13.7. The Morgan fingerprint density at radius 1 is 1.20 bits per heavy atom. The van der Waals surface area contributed by atoms with Crippen molar-refractivity contribution < 1.29 is 19.4 Å². The van der Waals surface area contributed by atoms with Gasteiger partial charge in [-0.1, -0.05) is 12.1 Å². The summed E-state index contributed by atoms with van der Waals surface area (Å²) in [6, 6.07) is 11.9. The van der Waals surface area contributed by atoms with E-state index < -0.39 is 5.91 Å². The van der Waals surface area contributed by atoms with Crippen LogP contribution in [0.25, 0.3) is 10.9 Å². The lowest BCUT2D eigenvalue weighted by atomic mass is 10.2. The molecule has 3 N–H and O–H groups in total. The summed E-state index contributed by atoms with van der Waals surface area (Å²) < 4.78 is 10.6. The van der Waals surface area contributed by atoms with Crippen molar-refractivity contribution in [1.82, 2.24) is 10.4 Å². The van der Waals surface area contributed by atoms with Crippen molar-refractivity contribution in [3.8, 4) is 17.2 Å². The summed E-state index contributed by atoms with van der Waals surface area (Å²) >= 11 is 0. The summed E-state index contributed by atoms with van der Waals surface area (Å²) in [7, 11) is 3.10. The number of nitrogens with zero attached hydrogens (tertiary/aromatic N) is 1. The average Bonchev–Trinajstić information content (AvgIpc) is 3.06. The molecule has 0 atom stereocenters. The van der Waals surface area contributed by atoms with Crippen LogP contribution in [0.3, 0.4) is 0 Å². The number of carbonyl (C=O) groups excluding carboxylic acids is 1. The number of aromatic hydroxyl groups is 1. The number of amides is 1. The van der Waals surface area contributed by atoms with Gasteiger partial charge in [0.1, 0.15) is 11.4 Å². The number of nitrogens with one attached hydrogen (secondary N) is 2. The van der Waals surface area contributed by atoms with Gasteiger partial charge in [-0.3, -0.25) is 4.79 Å². The minimum Gasteiger partial charge on any atom is -0.507 e. The van der Waals surface area contributed by atoms with E-state index >= 15 is 0 Å². The van der Waals surface area contributed by atoms with E-state index in [4.69, 9.17) is 9.47 Å². The average molecular weight is 339 g/mol. The molecule has 3 rings (SSSR count). The van der Waals surface area contributed by atoms with E-state index in [2.05, 4.69) is 15.5 Å². The van der Waals surface area contributed by atoms with Gasteiger partial charge in [-0.2, -0.15) is 5.10 Å². The van der Waals surface area contributed by atoms with Crippen LogP contribution in [0.2, 0.25) is 0 Å². The predicted octanol–water partition coefficient (Wildman–Crippen LogP) is 2.65. The number of phenolic OH excluding ortho intramolecular Hbond substituents is 1. The molecular weight excluding hydrogens is 322 g/mol. The van der Waals surface area contributed by atoms with Crippen molar-refractivity contribution >= 4 is 23.0 Å². The third-order valence-corrected chi connectivity index (χ3v) is 3.69. The van der Waals surface area contributed by atoms with Crippen LogP contribution < -0.4 is 14.9 Å². The quantitative estimate of drug-likeness (QED) is 0.492. The first-order chi connectivity index (χ1) is 12.1. The van der Waals surface area contributed by atoms with Gasteiger partial charge in [0.05, 0.1) is 26.0 Å². The van der Waals surface area contributed by atoms with E-state index in [9.17, 15) is 9.90 Å². The smallest absolute Gasteiger partial charge is 0.287 e. The second kappa shape index (κ2) is 6.96. The summed E-state index contributed by atoms with van der Waals surface area (Å²) in [6.07, 6.45) is 1.37. The predicted molar refractivity (Wildman–Crippen MR) is 94.6 cm³/mol. The number of H-pyrrole nitrogens is 1. The number of phenols is 1. The zero-order valence-corrected chi connectivity index (χ0v) is 13.7. The number of fused-ring (bicyclic) bond motifs is 1. The van der Waals surface area contributed by atoms with Crippen LogP contribution in [0.1, 0.15) is 16.1 Å². The maximum atomic E-state index is 12.3. The number of ether oxygens (including phenoxy) is 2. The molecular formula is C18H17N3O4. The molecule has 128 valence electrons. The molecule has 0 spiro atoms. The molecule has 0 saturated carbocycles. The maximum absolute atomic E-state index is 12.3. The molecule has 1 heterocycles. The Kier molecular flexibility index (Phi) is 4.56. The molecule has 25 heavy (non-hydrogen) atoms. The van der Waals surface area contributed by atoms with Crippen LogP contribution in [0.4, 0.5) is 0 Å². The number of aromatic nitrogens is 1. The van der Waals surface area contributed by atoms with E-state index in [-0.39, 0.29) is 5.75 Å². The highest BCUT2D eigenvalue weighted by Crippen LogP contribution is 2.35. The summed E-state index contributed by atoms with van der Waals surface area (Å²) in [5.41, 5.74) is 4.00. The van der Waals surface area contributed by atoms with Crippen molar-refractivity contribution in [3.63, 3.8) is 0 Å². The number of hydrazone groups is 1. The molecule has 0 unspecified atom stereocenters. The van der Waals surface area contributed by atoms with Gasteiger partial charge in [-0.15, -0.1) is 0 Å².